The fourth-order valence-corrected chi connectivity index (χ4v) is 2.93. The van der Waals surface area contributed by atoms with Crippen molar-refractivity contribution in [1.29, 1.82) is 0 Å². The molecule has 0 atom stereocenters. The second-order valence-electron chi connectivity index (χ2n) is 6.79. The third kappa shape index (κ3) is 6.09. The Morgan fingerprint density at radius 1 is 0.774 bits per heavy atom. The van der Waals surface area contributed by atoms with Crippen LogP contribution in [0.5, 0.6) is 11.5 Å². The Hall–Kier alpha value is -3.80. The summed E-state index contributed by atoms with van der Waals surface area (Å²) in [7, 11) is 0. The molecule has 0 spiro atoms. The molecule has 6 nitrogen and oxygen atoms in total. The van der Waals surface area contributed by atoms with Crippen LogP contribution in [-0.2, 0) is 0 Å². The van der Waals surface area contributed by atoms with Crippen LogP contribution in [0.3, 0.4) is 0 Å². The van der Waals surface area contributed by atoms with Gasteiger partial charge in [-0.15, -0.1) is 0 Å². The Balaban J connectivity index is 1.72. The van der Waals surface area contributed by atoms with Crippen LogP contribution in [0, 0.1) is 0 Å². The number of carbonyl (C=O) groups is 2. The highest BCUT2D eigenvalue weighted by atomic mass is 16.5. The van der Waals surface area contributed by atoms with Gasteiger partial charge in [0.2, 0.25) is 0 Å². The molecule has 0 radical (unpaired) electrons. The summed E-state index contributed by atoms with van der Waals surface area (Å²) in [6.45, 7) is 5.09. The lowest BCUT2D eigenvalue weighted by atomic mass is 10.1. The van der Waals surface area contributed by atoms with Gasteiger partial charge >= 0.3 is 0 Å². The quantitative estimate of drug-likeness (QED) is 0.489. The van der Waals surface area contributed by atoms with Crippen molar-refractivity contribution in [1.82, 2.24) is 0 Å². The lowest BCUT2D eigenvalue weighted by Gasteiger charge is -2.12. The van der Waals surface area contributed by atoms with Gasteiger partial charge in [0.25, 0.3) is 11.8 Å². The van der Waals surface area contributed by atoms with Crippen molar-refractivity contribution in [3.63, 3.8) is 0 Å². The molecule has 0 unspecified atom stereocenters. The molecule has 3 aromatic carbocycles. The van der Waals surface area contributed by atoms with Gasteiger partial charge in [-0.2, -0.15) is 0 Å². The first-order valence-electron chi connectivity index (χ1n) is 10.3. The van der Waals surface area contributed by atoms with E-state index in [4.69, 9.17) is 9.47 Å². The van der Waals surface area contributed by atoms with E-state index >= 15 is 0 Å². The van der Waals surface area contributed by atoms with E-state index in [1.165, 1.54) is 0 Å². The Labute approximate surface area is 182 Å². The van der Waals surface area contributed by atoms with Gasteiger partial charge in [0.15, 0.2) is 0 Å². The molecule has 0 heterocycles. The average molecular weight is 418 g/mol. The van der Waals surface area contributed by atoms with Crippen LogP contribution in [0.1, 0.15) is 41.0 Å². The highest BCUT2D eigenvalue weighted by Gasteiger charge is 2.15. The highest BCUT2D eigenvalue weighted by molar-refractivity contribution is 6.12. The molecule has 2 amide bonds. The first-order valence-corrected chi connectivity index (χ1v) is 10.3. The average Bonchev–Trinajstić information content (AvgIpc) is 2.79. The zero-order chi connectivity index (χ0) is 22.1. The normalized spacial score (nSPS) is 10.3. The fourth-order valence-electron chi connectivity index (χ4n) is 2.93. The number of nitrogens with one attached hydrogen (secondary N) is 2. The van der Waals surface area contributed by atoms with Crippen molar-refractivity contribution >= 4 is 23.2 Å². The van der Waals surface area contributed by atoms with E-state index in [1.54, 1.807) is 66.7 Å². The summed E-state index contributed by atoms with van der Waals surface area (Å²) in [5.74, 6) is 0.734. The maximum absolute atomic E-state index is 12.8. The maximum Gasteiger partial charge on any atom is 0.257 e. The number of para-hydroxylation sites is 1. The molecule has 160 valence electrons. The third-order valence-electron chi connectivity index (χ3n) is 4.41. The zero-order valence-electron chi connectivity index (χ0n) is 17.7. The van der Waals surface area contributed by atoms with Crippen molar-refractivity contribution in [3.8, 4) is 11.5 Å². The first kappa shape index (κ1) is 21.9. The number of hydrogen-bond acceptors (Lipinski definition) is 4. The van der Waals surface area contributed by atoms with Crippen LogP contribution in [0.2, 0.25) is 0 Å². The summed E-state index contributed by atoms with van der Waals surface area (Å²) in [5.41, 5.74) is 1.88. The van der Waals surface area contributed by atoms with E-state index in [9.17, 15) is 9.59 Å². The molecule has 0 fully saturated rings. The van der Waals surface area contributed by atoms with E-state index in [0.29, 0.717) is 41.5 Å². The molecule has 0 aliphatic rings. The predicted molar refractivity (Wildman–Crippen MR) is 122 cm³/mol. The lowest BCUT2D eigenvalue weighted by Crippen LogP contribution is -2.18. The monoisotopic (exact) mass is 418 g/mol. The molecule has 2 N–H and O–H groups in total. The van der Waals surface area contributed by atoms with E-state index in [-0.39, 0.29) is 11.8 Å². The Kier molecular flexibility index (Phi) is 7.65. The maximum atomic E-state index is 12.8. The van der Waals surface area contributed by atoms with Crippen LogP contribution >= 0.6 is 0 Å². The molecule has 0 aliphatic carbocycles. The van der Waals surface area contributed by atoms with E-state index in [1.807, 2.05) is 19.9 Å². The molecule has 0 saturated heterocycles. The molecule has 3 rings (SSSR count). The predicted octanol–water partition coefficient (Wildman–Crippen LogP) is 5.38. The summed E-state index contributed by atoms with van der Waals surface area (Å²) in [4.78, 5) is 25.6. The summed E-state index contributed by atoms with van der Waals surface area (Å²) in [5, 5.41) is 5.67. The van der Waals surface area contributed by atoms with E-state index < -0.39 is 0 Å². The molecule has 0 bridgehead atoms. The Bertz CT molecular complexity index is 1030. The molecule has 3 aromatic rings. The van der Waals surface area contributed by atoms with Gasteiger partial charge in [0, 0.05) is 11.3 Å². The summed E-state index contributed by atoms with van der Waals surface area (Å²) < 4.78 is 11.0. The van der Waals surface area contributed by atoms with Gasteiger partial charge in [0.1, 0.15) is 11.5 Å². The molecular weight excluding hydrogens is 392 g/mol. The minimum absolute atomic E-state index is 0.316. The van der Waals surface area contributed by atoms with Crippen LogP contribution in [0.15, 0.2) is 72.8 Å². The highest BCUT2D eigenvalue weighted by Crippen LogP contribution is 2.21. The molecule has 0 aromatic heterocycles. The SMILES string of the molecule is CCCOc1cccc(C(=O)Nc2ccccc2C(=O)Nc2ccc(OCC)cc2)c1. The number of benzene rings is 3. The van der Waals surface area contributed by atoms with Crippen LogP contribution in [-0.4, -0.2) is 25.0 Å². The fraction of sp³-hybridized carbons (Fsp3) is 0.200. The van der Waals surface area contributed by atoms with Crippen molar-refractivity contribution in [2.24, 2.45) is 0 Å². The van der Waals surface area contributed by atoms with E-state index in [2.05, 4.69) is 10.6 Å². The number of ether oxygens (including phenoxy) is 2. The minimum atomic E-state index is -0.319. The largest absolute Gasteiger partial charge is 0.494 e. The Morgan fingerprint density at radius 2 is 1.55 bits per heavy atom. The number of anilines is 2. The summed E-state index contributed by atoms with van der Waals surface area (Å²) in [6, 6.07) is 21.0. The molecule has 31 heavy (non-hydrogen) atoms. The number of rotatable bonds is 9. The van der Waals surface area contributed by atoms with Crippen molar-refractivity contribution < 1.29 is 19.1 Å². The van der Waals surface area contributed by atoms with Crippen LogP contribution in [0.25, 0.3) is 0 Å². The van der Waals surface area contributed by atoms with Crippen LogP contribution in [0.4, 0.5) is 11.4 Å². The smallest absolute Gasteiger partial charge is 0.257 e. The third-order valence-corrected chi connectivity index (χ3v) is 4.41. The molecule has 0 aliphatic heterocycles. The second-order valence-corrected chi connectivity index (χ2v) is 6.79. The van der Waals surface area contributed by atoms with Gasteiger partial charge in [0.05, 0.1) is 24.5 Å². The van der Waals surface area contributed by atoms with Gasteiger partial charge in [-0.05, 0) is 67.9 Å². The number of amides is 2. The molecule has 0 saturated carbocycles. The van der Waals surface area contributed by atoms with Gasteiger partial charge < -0.3 is 20.1 Å². The van der Waals surface area contributed by atoms with E-state index in [0.717, 1.165) is 12.2 Å². The number of hydrogen-bond donors (Lipinski definition) is 2. The Morgan fingerprint density at radius 3 is 2.29 bits per heavy atom. The van der Waals surface area contributed by atoms with Gasteiger partial charge in [-0.1, -0.05) is 25.1 Å². The second kappa shape index (κ2) is 10.8. The van der Waals surface area contributed by atoms with Gasteiger partial charge in [-0.3, -0.25) is 9.59 Å². The van der Waals surface area contributed by atoms with Crippen molar-refractivity contribution in [3.05, 3.63) is 83.9 Å². The zero-order valence-corrected chi connectivity index (χ0v) is 17.7. The van der Waals surface area contributed by atoms with Crippen LogP contribution < -0.4 is 20.1 Å². The topological polar surface area (TPSA) is 76.7 Å². The number of carbonyl (C=O) groups excluding carboxylic acids is 2. The lowest BCUT2D eigenvalue weighted by molar-refractivity contribution is 0.102. The standard InChI is InChI=1S/C25H26N2O4/c1-3-16-31-21-9-7-8-18(17-21)24(28)27-23-11-6-5-10-22(23)25(29)26-19-12-14-20(15-13-19)30-4-2/h5-15,17H,3-4,16H2,1-2H3,(H,26,29)(H,27,28). The van der Waals surface area contributed by atoms with Crippen molar-refractivity contribution in [2.75, 3.05) is 23.8 Å². The van der Waals surface area contributed by atoms with Gasteiger partial charge in [-0.25, -0.2) is 0 Å². The molecule has 6 heteroatoms. The molecular formula is C25H26N2O4. The first-order chi connectivity index (χ1) is 15.1. The van der Waals surface area contributed by atoms with Crippen molar-refractivity contribution in [2.45, 2.75) is 20.3 Å². The summed E-state index contributed by atoms with van der Waals surface area (Å²) >= 11 is 0. The summed E-state index contributed by atoms with van der Waals surface area (Å²) in [6.07, 6.45) is 0.882. The minimum Gasteiger partial charge on any atom is -0.494 e.